The zero-order valence-electron chi connectivity index (χ0n) is 11.2. The van der Waals surface area contributed by atoms with Crippen LogP contribution in [-0.2, 0) is 11.3 Å². The number of rotatable bonds is 9. The van der Waals surface area contributed by atoms with E-state index in [1.54, 1.807) is 0 Å². The van der Waals surface area contributed by atoms with Gasteiger partial charge >= 0.3 is 0 Å². The lowest BCUT2D eigenvalue weighted by molar-refractivity contribution is 0.151. The van der Waals surface area contributed by atoms with Gasteiger partial charge in [-0.2, -0.15) is 0 Å². The second-order valence-corrected chi connectivity index (χ2v) is 5.93. The summed E-state index contributed by atoms with van der Waals surface area (Å²) in [6.45, 7) is 4.88. The van der Waals surface area contributed by atoms with Crippen LogP contribution in [0.2, 0.25) is 0 Å². The van der Waals surface area contributed by atoms with Gasteiger partial charge in [-0.1, -0.05) is 19.1 Å². The van der Waals surface area contributed by atoms with Gasteiger partial charge in [-0.15, -0.1) is 11.8 Å². The maximum absolute atomic E-state index is 5.47. The number of nitrogens with one attached hydrogen (secondary N) is 1. The molecule has 2 rings (SSSR count). The van der Waals surface area contributed by atoms with Crippen LogP contribution < -0.4 is 5.32 Å². The molecule has 1 aromatic carbocycles. The molecular formula is C15H23NOS. The summed E-state index contributed by atoms with van der Waals surface area (Å²) in [7, 11) is 0. The maximum atomic E-state index is 5.47. The molecule has 0 radical (unpaired) electrons. The van der Waals surface area contributed by atoms with Gasteiger partial charge in [-0.25, -0.2) is 0 Å². The first-order chi connectivity index (χ1) is 8.88. The summed E-state index contributed by atoms with van der Waals surface area (Å²) in [6.07, 6.45) is 3.81. The van der Waals surface area contributed by atoms with E-state index in [9.17, 15) is 0 Å². The van der Waals surface area contributed by atoms with Crippen LogP contribution in [-0.4, -0.2) is 25.0 Å². The zero-order valence-corrected chi connectivity index (χ0v) is 12.0. The lowest BCUT2D eigenvalue weighted by Gasteiger charge is -2.05. The van der Waals surface area contributed by atoms with Crippen molar-refractivity contribution in [2.45, 2.75) is 43.7 Å². The highest BCUT2D eigenvalue weighted by Crippen LogP contribution is 2.21. The summed E-state index contributed by atoms with van der Waals surface area (Å²) < 4.78 is 5.47. The first-order valence-corrected chi connectivity index (χ1v) is 7.90. The van der Waals surface area contributed by atoms with E-state index in [4.69, 9.17) is 4.74 Å². The van der Waals surface area contributed by atoms with Gasteiger partial charge < -0.3 is 10.1 Å². The summed E-state index contributed by atoms with van der Waals surface area (Å²) in [5, 5.41) is 3.53. The van der Waals surface area contributed by atoms with Gasteiger partial charge in [0.15, 0.2) is 0 Å². The van der Waals surface area contributed by atoms with Crippen LogP contribution in [0.1, 0.15) is 31.7 Å². The highest BCUT2D eigenvalue weighted by molar-refractivity contribution is 7.99. The van der Waals surface area contributed by atoms with E-state index in [1.807, 2.05) is 11.8 Å². The Kier molecular flexibility index (Phi) is 6.05. The molecule has 0 unspecified atom stereocenters. The molecule has 1 aromatic rings. The largest absolute Gasteiger partial charge is 0.381 e. The molecule has 2 nitrogen and oxygen atoms in total. The SMILES string of the molecule is CCCOCCSc1ccc(CNC2CC2)cc1. The highest BCUT2D eigenvalue weighted by atomic mass is 32.2. The second-order valence-electron chi connectivity index (χ2n) is 4.76. The standard InChI is InChI=1S/C15H23NOS/c1-2-9-17-10-11-18-15-7-3-13(4-8-15)12-16-14-5-6-14/h3-4,7-8,14,16H,2,5-6,9-12H2,1H3. The molecule has 0 heterocycles. The molecule has 1 saturated carbocycles. The number of benzene rings is 1. The molecule has 0 amide bonds. The van der Waals surface area contributed by atoms with Crippen molar-refractivity contribution in [1.29, 1.82) is 0 Å². The third-order valence-corrected chi connectivity index (χ3v) is 3.92. The minimum atomic E-state index is 0.787. The van der Waals surface area contributed by atoms with Crippen LogP contribution in [0.4, 0.5) is 0 Å². The van der Waals surface area contributed by atoms with E-state index in [2.05, 4.69) is 36.5 Å². The summed E-state index contributed by atoms with van der Waals surface area (Å²) in [4.78, 5) is 1.34. The summed E-state index contributed by atoms with van der Waals surface area (Å²) in [6, 6.07) is 9.67. The van der Waals surface area contributed by atoms with Crippen molar-refractivity contribution < 1.29 is 4.74 Å². The predicted molar refractivity (Wildman–Crippen MR) is 78.1 cm³/mol. The fourth-order valence-electron chi connectivity index (χ4n) is 1.72. The number of hydrogen-bond acceptors (Lipinski definition) is 3. The van der Waals surface area contributed by atoms with E-state index in [0.717, 1.165) is 38.0 Å². The van der Waals surface area contributed by atoms with Crippen molar-refractivity contribution in [1.82, 2.24) is 5.32 Å². The summed E-state index contributed by atoms with van der Waals surface area (Å²) in [5.74, 6) is 1.04. The fourth-order valence-corrected chi connectivity index (χ4v) is 2.48. The fraction of sp³-hybridized carbons (Fsp3) is 0.600. The average Bonchev–Trinajstić information content (AvgIpc) is 3.22. The van der Waals surface area contributed by atoms with E-state index in [0.29, 0.717) is 0 Å². The molecule has 0 atom stereocenters. The Bertz CT molecular complexity index is 335. The van der Waals surface area contributed by atoms with Crippen molar-refractivity contribution in [3.05, 3.63) is 29.8 Å². The van der Waals surface area contributed by atoms with Gasteiger partial charge in [-0.05, 0) is 37.0 Å². The quantitative estimate of drug-likeness (QED) is 0.546. The van der Waals surface area contributed by atoms with Gasteiger partial charge in [-0.3, -0.25) is 0 Å². The van der Waals surface area contributed by atoms with E-state index in [-0.39, 0.29) is 0 Å². The average molecular weight is 265 g/mol. The summed E-state index contributed by atoms with van der Waals surface area (Å²) >= 11 is 1.87. The zero-order chi connectivity index (χ0) is 12.6. The number of thioether (sulfide) groups is 1. The highest BCUT2D eigenvalue weighted by Gasteiger charge is 2.19. The topological polar surface area (TPSA) is 21.3 Å². The second kappa shape index (κ2) is 7.82. The molecule has 0 saturated heterocycles. The van der Waals surface area contributed by atoms with E-state index < -0.39 is 0 Å². The first-order valence-electron chi connectivity index (χ1n) is 6.91. The van der Waals surface area contributed by atoms with Crippen LogP contribution in [0, 0.1) is 0 Å². The predicted octanol–water partition coefficient (Wildman–Crippen LogP) is 3.46. The number of ether oxygens (including phenoxy) is 1. The lowest BCUT2D eigenvalue weighted by Crippen LogP contribution is -2.14. The molecule has 0 aromatic heterocycles. The van der Waals surface area contributed by atoms with Crippen molar-refractivity contribution in [3.63, 3.8) is 0 Å². The maximum Gasteiger partial charge on any atom is 0.0560 e. The molecule has 0 aliphatic heterocycles. The monoisotopic (exact) mass is 265 g/mol. The molecule has 1 aliphatic rings. The Hall–Kier alpha value is -0.510. The van der Waals surface area contributed by atoms with Crippen molar-refractivity contribution >= 4 is 11.8 Å². The Morgan fingerprint density at radius 1 is 1.22 bits per heavy atom. The van der Waals surface area contributed by atoms with E-state index >= 15 is 0 Å². The Balaban J connectivity index is 1.63. The van der Waals surface area contributed by atoms with Crippen LogP contribution >= 0.6 is 11.8 Å². The van der Waals surface area contributed by atoms with Crippen LogP contribution in [0.15, 0.2) is 29.2 Å². The van der Waals surface area contributed by atoms with Gasteiger partial charge in [0.1, 0.15) is 0 Å². The molecule has 100 valence electrons. The van der Waals surface area contributed by atoms with Gasteiger partial charge in [0.2, 0.25) is 0 Å². The smallest absolute Gasteiger partial charge is 0.0560 e. The van der Waals surface area contributed by atoms with Crippen molar-refractivity contribution in [2.24, 2.45) is 0 Å². The van der Waals surface area contributed by atoms with Crippen molar-refractivity contribution in [3.8, 4) is 0 Å². The molecule has 1 fully saturated rings. The minimum absolute atomic E-state index is 0.787. The van der Waals surface area contributed by atoms with Crippen LogP contribution in [0.25, 0.3) is 0 Å². The molecule has 0 bridgehead atoms. The Morgan fingerprint density at radius 3 is 2.67 bits per heavy atom. The van der Waals surface area contributed by atoms with Gasteiger partial charge in [0.25, 0.3) is 0 Å². The third kappa shape index (κ3) is 5.42. The summed E-state index contributed by atoms with van der Waals surface area (Å²) in [5.41, 5.74) is 1.38. The van der Waals surface area contributed by atoms with Crippen LogP contribution in [0.5, 0.6) is 0 Å². The molecule has 3 heteroatoms. The van der Waals surface area contributed by atoms with Crippen molar-refractivity contribution in [2.75, 3.05) is 19.0 Å². The number of hydrogen-bond donors (Lipinski definition) is 1. The Morgan fingerprint density at radius 2 is 2.00 bits per heavy atom. The van der Waals surface area contributed by atoms with Gasteiger partial charge in [0.05, 0.1) is 6.61 Å². The molecule has 1 aliphatic carbocycles. The lowest BCUT2D eigenvalue weighted by atomic mass is 10.2. The third-order valence-electron chi connectivity index (χ3n) is 2.94. The first kappa shape index (κ1) is 13.9. The van der Waals surface area contributed by atoms with E-state index in [1.165, 1.54) is 23.3 Å². The Labute approximate surface area is 114 Å². The normalized spacial score (nSPS) is 14.9. The van der Waals surface area contributed by atoms with Gasteiger partial charge in [0, 0.05) is 29.8 Å². The minimum Gasteiger partial charge on any atom is -0.381 e. The molecular weight excluding hydrogens is 242 g/mol. The molecule has 1 N–H and O–H groups in total. The molecule has 0 spiro atoms. The molecule has 18 heavy (non-hydrogen) atoms. The van der Waals surface area contributed by atoms with Crippen LogP contribution in [0.3, 0.4) is 0 Å².